The summed E-state index contributed by atoms with van der Waals surface area (Å²) in [6.07, 6.45) is 8.38. The Labute approximate surface area is 114 Å². The zero-order chi connectivity index (χ0) is 13.9. The van der Waals surface area contributed by atoms with Crippen molar-refractivity contribution in [3.8, 4) is 6.07 Å². The molecule has 0 aromatic carbocycles. The second-order valence-corrected chi connectivity index (χ2v) is 7.03. The molecule has 0 amide bonds. The molecule has 3 nitrogen and oxygen atoms in total. The van der Waals surface area contributed by atoms with Crippen LogP contribution in [0.3, 0.4) is 0 Å². The van der Waals surface area contributed by atoms with Gasteiger partial charge in [0.1, 0.15) is 0 Å². The van der Waals surface area contributed by atoms with Crippen LogP contribution in [0.2, 0.25) is 0 Å². The largest absolute Gasteiger partial charge is 0.263 e. The molecule has 0 saturated heterocycles. The zero-order valence-corrected chi connectivity index (χ0v) is 11.7. The third kappa shape index (κ3) is 2.77. The van der Waals surface area contributed by atoms with E-state index < -0.39 is 9.52 Å². The van der Waals surface area contributed by atoms with Crippen molar-refractivity contribution in [2.75, 3.05) is 0 Å². The van der Waals surface area contributed by atoms with Crippen LogP contribution in [0, 0.1) is 11.3 Å². The molecule has 1 aliphatic rings. The average molecular weight is 272 g/mol. The smallest absolute Gasteiger partial charge is 0.0947 e. The van der Waals surface area contributed by atoms with Gasteiger partial charge < -0.3 is 0 Å². The average Bonchev–Trinajstić information content (AvgIpc) is 2.47. The molecule has 0 radical (unpaired) electrons. The minimum absolute atomic E-state index is 0.235. The van der Waals surface area contributed by atoms with E-state index in [1.165, 1.54) is 0 Å². The number of nitriles is 1. The van der Waals surface area contributed by atoms with Gasteiger partial charge in [-0.1, -0.05) is 19.1 Å². The van der Waals surface area contributed by atoms with Crippen molar-refractivity contribution in [3.05, 3.63) is 47.8 Å². The summed E-state index contributed by atoms with van der Waals surface area (Å²) in [5, 5.41) is 8.70. The molecular formula is C15H16N2OS. The summed E-state index contributed by atoms with van der Waals surface area (Å²) in [5.41, 5.74) is 1.61. The predicted molar refractivity (Wildman–Crippen MR) is 78.4 cm³/mol. The molecule has 2 rings (SSSR count). The van der Waals surface area contributed by atoms with E-state index in [0.717, 1.165) is 12.1 Å². The zero-order valence-electron chi connectivity index (χ0n) is 10.9. The third-order valence-electron chi connectivity index (χ3n) is 3.24. The fraction of sp³-hybridized carbons (Fsp3) is 0.267. The second-order valence-electron chi connectivity index (χ2n) is 4.50. The Balaban J connectivity index is 2.30. The van der Waals surface area contributed by atoms with Crippen LogP contribution in [-0.2, 0) is 15.9 Å². The molecule has 1 heterocycles. The van der Waals surface area contributed by atoms with Crippen molar-refractivity contribution in [2.45, 2.75) is 29.9 Å². The fourth-order valence-corrected chi connectivity index (χ4v) is 3.66. The number of pyridine rings is 1. The van der Waals surface area contributed by atoms with Crippen LogP contribution in [0.1, 0.15) is 19.0 Å². The normalized spacial score (nSPS) is 21.3. The van der Waals surface area contributed by atoms with Crippen LogP contribution in [0.4, 0.5) is 0 Å². The van der Waals surface area contributed by atoms with Crippen molar-refractivity contribution >= 4 is 15.4 Å². The number of aryl methyl sites for hydroxylation is 1. The highest BCUT2D eigenvalue weighted by molar-refractivity contribution is 8.01. The lowest BCUT2D eigenvalue weighted by atomic mass is 10.1. The standard InChI is InChI=1S/C15H16N2OS/c1-3-13-7-8-15(11-17-13)19(2,18)14-6-4-5-12(9-14)10-16/h4-8,11,14H,2-3,9H2,1H3/t14-,19?/m1/s1. The molecule has 0 saturated carbocycles. The van der Waals surface area contributed by atoms with Crippen molar-refractivity contribution in [2.24, 2.45) is 0 Å². The number of hydrogen-bond acceptors (Lipinski definition) is 3. The van der Waals surface area contributed by atoms with E-state index in [2.05, 4.69) is 16.9 Å². The predicted octanol–water partition coefficient (Wildman–Crippen LogP) is 2.50. The van der Waals surface area contributed by atoms with Crippen molar-refractivity contribution in [3.63, 3.8) is 0 Å². The highest BCUT2D eigenvalue weighted by Crippen LogP contribution is 2.24. The number of rotatable bonds is 3. The van der Waals surface area contributed by atoms with Crippen LogP contribution in [0.5, 0.6) is 0 Å². The van der Waals surface area contributed by atoms with Crippen LogP contribution in [-0.4, -0.2) is 20.3 Å². The van der Waals surface area contributed by atoms with Gasteiger partial charge in [0.25, 0.3) is 0 Å². The van der Waals surface area contributed by atoms with Crippen molar-refractivity contribution in [1.82, 2.24) is 4.98 Å². The quantitative estimate of drug-likeness (QED) is 0.794. The summed E-state index contributed by atoms with van der Waals surface area (Å²) in [4.78, 5) is 4.93. The van der Waals surface area contributed by atoms with Crippen molar-refractivity contribution in [1.29, 1.82) is 5.26 Å². The maximum Gasteiger partial charge on any atom is 0.0947 e. The second kappa shape index (κ2) is 5.41. The Morgan fingerprint density at radius 2 is 2.37 bits per heavy atom. The maximum atomic E-state index is 12.9. The lowest BCUT2D eigenvalue weighted by Crippen LogP contribution is -2.21. The van der Waals surface area contributed by atoms with Crippen LogP contribution in [0.15, 0.2) is 47.0 Å². The summed E-state index contributed by atoms with van der Waals surface area (Å²) in [5.74, 6) is 3.89. The minimum Gasteiger partial charge on any atom is -0.263 e. The van der Waals surface area contributed by atoms with Gasteiger partial charge in [-0.25, -0.2) is 0 Å². The first kappa shape index (κ1) is 13.6. The van der Waals surface area contributed by atoms with Gasteiger partial charge in [0.05, 0.1) is 11.3 Å². The molecule has 1 aromatic rings. The molecule has 0 N–H and O–H groups in total. The number of allylic oxidation sites excluding steroid dienone is 3. The molecule has 1 aliphatic carbocycles. The van der Waals surface area contributed by atoms with E-state index in [0.29, 0.717) is 16.9 Å². The summed E-state index contributed by atoms with van der Waals surface area (Å²) in [6.45, 7) is 2.03. The minimum atomic E-state index is -2.47. The molecule has 2 atom stereocenters. The molecule has 0 aliphatic heterocycles. The lowest BCUT2D eigenvalue weighted by Gasteiger charge is -2.20. The number of aromatic nitrogens is 1. The molecule has 1 unspecified atom stereocenters. The first-order valence-corrected chi connectivity index (χ1v) is 7.95. The van der Waals surface area contributed by atoms with Gasteiger partial charge in [0.15, 0.2) is 0 Å². The van der Waals surface area contributed by atoms with Gasteiger partial charge in [-0.05, 0) is 30.5 Å². The van der Waals surface area contributed by atoms with Crippen molar-refractivity contribution < 1.29 is 4.21 Å². The van der Waals surface area contributed by atoms with Crippen LogP contribution in [0.25, 0.3) is 0 Å². The molecule has 0 bridgehead atoms. The van der Waals surface area contributed by atoms with E-state index in [-0.39, 0.29) is 5.25 Å². The van der Waals surface area contributed by atoms with Gasteiger partial charge in [-0.15, -0.1) is 0 Å². The summed E-state index contributed by atoms with van der Waals surface area (Å²) >= 11 is 0. The Hall–Kier alpha value is -1.86. The van der Waals surface area contributed by atoms with Gasteiger partial charge in [-0.2, -0.15) is 5.26 Å². The Morgan fingerprint density at radius 3 is 2.95 bits per heavy atom. The molecule has 1 aromatic heterocycles. The Bertz CT molecular complexity index is 661. The summed E-state index contributed by atoms with van der Waals surface area (Å²) in [6, 6.07) is 5.83. The number of nitrogens with zero attached hydrogens (tertiary/aromatic N) is 2. The van der Waals surface area contributed by atoms with Gasteiger partial charge in [0.2, 0.25) is 0 Å². The molecule has 98 valence electrons. The van der Waals surface area contributed by atoms with E-state index in [1.54, 1.807) is 18.3 Å². The lowest BCUT2D eigenvalue weighted by molar-refractivity contribution is 0.673. The molecule has 4 heteroatoms. The number of hydrogen-bond donors (Lipinski definition) is 0. The molecular weight excluding hydrogens is 256 g/mol. The Morgan fingerprint density at radius 1 is 1.58 bits per heavy atom. The van der Waals surface area contributed by atoms with E-state index in [1.807, 2.05) is 25.1 Å². The van der Waals surface area contributed by atoms with Crippen LogP contribution < -0.4 is 0 Å². The fourth-order valence-electron chi connectivity index (χ4n) is 1.99. The highest BCUT2D eigenvalue weighted by atomic mass is 32.2. The third-order valence-corrected chi connectivity index (χ3v) is 5.58. The van der Waals surface area contributed by atoms with E-state index in [9.17, 15) is 4.21 Å². The molecule has 0 fully saturated rings. The Kier molecular flexibility index (Phi) is 3.87. The van der Waals surface area contributed by atoms with E-state index >= 15 is 0 Å². The highest BCUT2D eigenvalue weighted by Gasteiger charge is 2.22. The van der Waals surface area contributed by atoms with Gasteiger partial charge in [0, 0.05) is 38.3 Å². The summed E-state index contributed by atoms with van der Waals surface area (Å²) in [7, 11) is -2.47. The van der Waals surface area contributed by atoms with Gasteiger partial charge in [-0.3, -0.25) is 9.19 Å². The molecule has 0 spiro atoms. The summed E-state index contributed by atoms with van der Waals surface area (Å²) < 4.78 is 12.9. The van der Waals surface area contributed by atoms with Gasteiger partial charge >= 0.3 is 0 Å². The SMILES string of the molecule is C=S(=O)(c1ccc(CC)nc1)[C@@H]1C=CC=C(C#N)C1. The topological polar surface area (TPSA) is 53.8 Å². The molecule has 19 heavy (non-hydrogen) atoms. The first-order valence-electron chi connectivity index (χ1n) is 6.16. The maximum absolute atomic E-state index is 12.9. The van der Waals surface area contributed by atoms with E-state index in [4.69, 9.17) is 5.26 Å². The monoisotopic (exact) mass is 272 g/mol. The van der Waals surface area contributed by atoms with Crippen LogP contribution >= 0.6 is 0 Å². The first-order chi connectivity index (χ1) is 9.07.